The molecule has 0 bridgehead atoms. The first-order chi connectivity index (χ1) is 7.76. The fourth-order valence-electron chi connectivity index (χ4n) is 1.48. The highest BCUT2D eigenvalue weighted by atomic mass is 16.3. The van der Waals surface area contributed by atoms with Gasteiger partial charge in [-0.15, -0.1) is 6.58 Å². The summed E-state index contributed by atoms with van der Waals surface area (Å²) >= 11 is 0. The van der Waals surface area contributed by atoms with Gasteiger partial charge in [0.25, 0.3) is 0 Å². The van der Waals surface area contributed by atoms with E-state index in [0.717, 1.165) is 5.56 Å². The molecule has 1 aromatic rings. The van der Waals surface area contributed by atoms with Crippen LogP contribution in [0, 0.1) is 0 Å². The highest BCUT2D eigenvalue weighted by Crippen LogP contribution is 2.03. The predicted molar refractivity (Wildman–Crippen MR) is 64.0 cm³/mol. The number of aliphatic hydroxyl groups excluding tert-OH is 1. The van der Waals surface area contributed by atoms with E-state index in [-0.39, 0.29) is 25.0 Å². The average Bonchev–Trinajstić information content (AvgIpc) is 2.30. The number of aliphatic hydroxyl groups is 1. The second kappa shape index (κ2) is 6.80. The Labute approximate surface area is 95.8 Å². The quantitative estimate of drug-likeness (QED) is 0.708. The van der Waals surface area contributed by atoms with Crippen molar-refractivity contribution in [3.05, 3.63) is 48.6 Å². The minimum atomic E-state index is -0.227. The lowest BCUT2D eigenvalue weighted by Crippen LogP contribution is -2.38. The molecule has 0 radical (unpaired) electrons. The summed E-state index contributed by atoms with van der Waals surface area (Å²) in [6.07, 6.45) is 2.47. The van der Waals surface area contributed by atoms with E-state index in [0.29, 0.717) is 6.42 Å². The smallest absolute Gasteiger partial charge is 0.224 e. The van der Waals surface area contributed by atoms with Crippen LogP contribution in [0.4, 0.5) is 0 Å². The molecular formula is C13H17NO2. The van der Waals surface area contributed by atoms with Gasteiger partial charge >= 0.3 is 0 Å². The number of carbonyl (C=O) groups is 1. The molecule has 1 aromatic carbocycles. The third-order valence-corrected chi connectivity index (χ3v) is 2.24. The Morgan fingerprint density at radius 1 is 1.44 bits per heavy atom. The van der Waals surface area contributed by atoms with Crippen LogP contribution in [0.25, 0.3) is 0 Å². The molecule has 0 aliphatic heterocycles. The van der Waals surface area contributed by atoms with E-state index >= 15 is 0 Å². The largest absolute Gasteiger partial charge is 0.394 e. The second-order valence-corrected chi connectivity index (χ2v) is 3.63. The maximum absolute atomic E-state index is 11.3. The molecule has 0 unspecified atom stereocenters. The van der Waals surface area contributed by atoms with Crippen LogP contribution in [0.5, 0.6) is 0 Å². The van der Waals surface area contributed by atoms with Crippen molar-refractivity contribution in [1.82, 2.24) is 5.32 Å². The van der Waals surface area contributed by atoms with Crippen molar-refractivity contribution in [3.63, 3.8) is 0 Å². The summed E-state index contributed by atoms with van der Waals surface area (Å²) in [4.78, 5) is 11.3. The van der Waals surface area contributed by atoms with Gasteiger partial charge in [0.1, 0.15) is 0 Å². The van der Waals surface area contributed by atoms with Crippen LogP contribution < -0.4 is 5.32 Å². The molecule has 2 N–H and O–H groups in total. The molecular weight excluding hydrogens is 202 g/mol. The van der Waals surface area contributed by atoms with Crippen molar-refractivity contribution in [1.29, 1.82) is 0 Å². The van der Waals surface area contributed by atoms with Gasteiger partial charge in [-0.05, 0) is 12.0 Å². The molecule has 0 aromatic heterocycles. The first-order valence-electron chi connectivity index (χ1n) is 5.31. The first-order valence-corrected chi connectivity index (χ1v) is 5.31. The maximum Gasteiger partial charge on any atom is 0.224 e. The second-order valence-electron chi connectivity index (χ2n) is 3.63. The molecule has 1 rings (SSSR count). The molecule has 0 saturated heterocycles. The first kappa shape index (κ1) is 12.5. The molecule has 0 heterocycles. The molecule has 0 spiro atoms. The summed E-state index contributed by atoms with van der Waals surface area (Å²) in [5, 5.41) is 11.9. The predicted octanol–water partition coefficient (Wildman–Crippen LogP) is 1.28. The zero-order valence-corrected chi connectivity index (χ0v) is 9.23. The highest BCUT2D eigenvalue weighted by molar-refractivity contribution is 5.77. The molecule has 0 fully saturated rings. The van der Waals surface area contributed by atoms with Crippen LogP contribution in [0.3, 0.4) is 0 Å². The minimum absolute atomic E-state index is 0.0578. The summed E-state index contributed by atoms with van der Waals surface area (Å²) < 4.78 is 0. The number of rotatable bonds is 6. The molecule has 1 atom stereocenters. The van der Waals surface area contributed by atoms with Gasteiger partial charge < -0.3 is 10.4 Å². The van der Waals surface area contributed by atoms with Gasteiger partial charge in [0.05, 0.1) is 12.6 Å². The van der Waals surface area contributed by atoms with Gasteiger partial charge in [0.15, 0.2) is 0 Å². The summed E-state index contributed by atoms with van der Waals surface area (Å²) in [5.74, 6) is -0.106. The van der Waals surface area contributed by atoms with E-state index in [2.05, 4.69) is 11.9 Å². The Kier molecular flexibility index (Phi) is 5.29. The fraction of sp³-hybridized carbons (Fsp3) is 0.308. The fourth-order valence-corrected chi connectivity index (χ4v) is 1.48. The van der Waals surface area contributed by atoms with Crippen LogP contribution in [0.15, 0.2) is 43.0 Å². The van der Waals surface area contributed by atoms with Crippen molar-refractivity contribution in [2.45, 2.75) is 18.9 Å². The van der Waals surface area contributed by atoms with Gasteiger partial charge in [-0.25, -0.2) is 0 Å². The van der Waals surface area contributed by atoms with Gasteiger partial charge in [-0.1, -0.05) is 36.4 Å². The number of hydrogen-bond donors (Lipinski definition) is 2. The zero-order chi connectivity index (χ0) is 11.8. The van der Waals surface area contributed by atoms with Gasteiger partial charge in [0, 0.05) is 6.42 Å². The lowest BCUT2D eigenvalue weighted by Gasteiger charge is -2.15. The summed E-state index contributed by atoms with van der Waals surface area (Å²) in [5.41, 5.74) is 1.10. The van der Waals surface area contributed by atoms with Crippen LogP contribution in [-0.2, 0) is 11.2 Å². The Balaban J connectivity index is 2.49. The van der Waals surface area contributed by atoms with Crippen molar-refractivity contribution < 1.29 is 9.90 Å². The Morgan fingerprint density at radius 3 is 2.69 bits per heavy atom. The highest BCUT2D eigenvalue weighted by Gasteiger charge is 2.10. The maximum atomic E-state index is 11.3. The molecule has 16 heavy (non-hydrogen) atoms. The van der Waals surface area contributed by atoms with E-state index in [1.165, 1.54) is 0 Å². The Hall–Kier alpha value is -1.61. The average molecular weight is 219 g/mol. The standard InChI is InChI=1S/C13H17NO2/c1-2-6-13(16)14-12(10-15)9-11-7-4-3-5-8-11/h2-5,7-8,12,15H,1,6,9-10H2,(H,14,16)/t12-/m1/s1. The topological polar surface area (TPSA) is 49.3 Å². The minimum Gasteiger partial charge on any atom is -0.394 e. The Morgan fingerprint density at radius 2 is 2.12 bits per heavy atom. The van der Waals surface area contributed by atoms with Crippen molar-refractivity contribution >= 4 is 5.91 Å². The van der Waals surface area contributed by atoms with Gasteiger partial charge in [-0.3, -0.25) is 4.79 Å². The van der Waals surface area contributed by atoms with Gasteiger partial charge in [0.2, 0.25) is 5.91 Å². The van der Waals surface area contributed by atoms with Crippen molar-refractivity contribution in [3.8, 4) is 0 Å². The molecule has 3 nitrogen and oxygen atoms in total. The van der Waals surface area contributed by atoms with Crippen LogP contribution in [0.2, 0.25) is 0 Å². The third kappa shape index (κ3) is 4.28. The molecule has 0 aliphatic rings. The van der Waals surface area contributed by atoms with Gasteiger partial charge in [-0.2, -0.15) is 0 Å². The number of hydrogen-bond acceptors (Lipinski definition) is 2. The monoisotopic (exact) mass is 219 g/mol. The third-order valence-electron chi connectivity index (χ3n) is 2.24. The molecule has 86 valence electrons. The van der Waals surface area contributed by atoms with E-state index in [1.807, 2.05) is 30.3 Å². The number of amides is 1. The van der Waals surface area contributed by atoms with E-state index in [9.17, 15) is 4.79 Å². The summed E-state index contributed by atoms with van der Waals surface area (Å²) in [7, 11) is 0. The van der Waals surface area contributed by atoms with E-state index < -0.39 is 0 Å². The molecule has 3 heteroatoms. The molecule has 1 amide bonds. The lowest BCUT2D eigenvalue weighted by molar-refractivity contribution is -0.121. The van der Waals surface area contributed by atoms with E-state index in [1.54, 1.807) is 6.08 Å². The molecule has 0 saturated carbocycles. The number of benzene rings is 1. The SMILES string of the molecule is C=CCC(=O)N[C@@H](CO)Cc1ccccc1. The summed E-state index contributed by atoms with van der Waals surface area (Å²) in [6.45, 7) is 3.44. The van der Waals surface area contributed by atoms with Crippen molar-refractivity contribution in [2.24, 2.45) is 0 Å². The molecule has 0 aliphatic carbocycles. The van der Waals surface area contributed by atoms with Crippen molar-refractivity contribution in [2.75, 3.05) is 6.61 Å². The van der Waals surface area contributed by atoms with E-state index in [4.69, 9.17) is 5.11 Å². The summed E-state index contributed by atoms with van der Waals surface area (Å²) in [6, 6.07) is 9.54. The van der Waals surface area contributed by atoms with Crippen LogP contribution >= 0.6 is 0 Å². The Bertz CT molecular complexity index is 335. The van der Waals surface area contributed by atoms with Crippen LogP contribution in [-0.4, -0.2) is 23.7 Å². The lowest BCUT2D eigenvalue weighted by atomic mass is 10.1. The normalized spacial score (nSPS) is 11.8. The number of carbonyl (C=O) groups excluding carboxylic acids is 1. The number of nitrogens with one attached hydrogen (secondary N) is 1. The van der Waals surface area contributed by atoms with Crippen LogP contribution in [0.1, 0.15) is 12.0 Å². The zero-order valence-electron chi connectivity index (χ0n) is 9.23.